The van der Waals surface area contributed by atoms with E-state index in [1.54, 1.807) is 0 Å². The van der Waals surface area contributed by atoms with Crippen molar-refractivity contribution in [3.8, 4) is 0 Å². The molecule has 0 aliphatic carbocycles. The number of nitrogens with one attached hydrogen (secondary N) is 2. The summed E-state index contributed by atoms with van der Waals surface area (Å²) in [7, 11) is 0. The summed E-state index contributed by atoms with van der Waals surface area (Å²) in [6.45, 7) is 0. The Morgan fingerprint density at radius 1 is 0.759 bits per heavy atom. The lowest BCUT2D eigenvalue weighted by Crippen LogP contribution is -2.20. The Bertz CT molecular complexity index is 858. The molecule has 2 heterocycles. The van der Waals surface area contributed by atoms with E-state index in [1.165, 1.54) is 11.1 Å². The van der Waals surface area contributed by atoms with Gasteiger partial charge in [-0.25, -0.2) is 0 Å². The van der Waals surface area contributed by atoms with E-state index in [0.717, 1.165) is 41.5 Å². The molecule has 2 aromatic carbocycles. The predicted molar refractivity (Wildman–Crippen MR) is 133 cm³/mol. The fraction of sp³-hybridized carbons (Fsp3) is 0.364. The summed E-state index contributed by atoms with van der Waals surface area (Å²) < 4.78 is 1.05. The standard InChI is InChI=1S/C10H9Br2NO.C10H10BrNO.2CH4/c11-7-2-4-9-6(5-7)1-3-8(12)10(14)13-9;11-8-6-5-7-3-1-2-4-9(7)12-10(8)13;;/h2,4-5,8H,1,3H2,(H,13,14);1-4,8H,5-6H2,(H,12,13);2*1H4. The Morgan fingerprint density at radius 2 is 1.28 bits per heavy atom. The van der Waals surface area contributed by atoms with Gasteiger partial charge in [-0.2, -0.15) is 0 Å². The van der Waals surface area contributed by atoms with Gasteiger partial charge in [0.1, 0.15) is 0 Å². The lowest BCUT2D eigenvalue weighted by Gasteiger charge is -2.06. The molecule has 2 aliphatic heterocycles. The molecule has 29 heavy (non-hydrogen) atoms. The number of carbonyl (C=O) groups is 2. The Kier molecular flexibility index (Phi) is 10.6. The predicted octanol–water partition coefficient (Wildman–Crippen LogP) is 6.70. The van der Waals surface area contributed by atoms with Crippen molar-refractivity contribution in [2.24, 2.45) is 0 Å². The third kappa shape index (κ3) is 6.93. The van der Waals surface area contributed by atoms with Crippen LogP contribution in [0.2, 0.25) is 0 Å². The Morgan fingerprint density at radius 3 is 1.90 bits per heavy atom. The first kappa shape index (κ1) is 25.9. The zero-order chi connectivity index (χ0) is 19.4. The minimum Gasteiger partial charge on any atom is -0.325 e. The number of halogens is 3. The zero-order valence-corrected chi connectivity index (χ0v) is 19.2. The van der Waals surface area contributed by atoms with E-state index in [2.05, 4.69) is 70.6 Å². The van der Waals surface area contributed by atoms with Gasteiger partial charge >= 0.3 is 0 Å². The molecule has 0 bridgehead atoms. The van der Waals surface area contributed by atoms with Crippen LogP contribution in [0.5, 0.6) is 0 Å². The number of para-hydroxylation sites is 1. The third-order valence-corrected chi connectivity index (χ3v) is 6.74. The maximum Gasteiger partial charge on any atom is 0.238 e. The van der Waals surface area contributed by atoms with Gasteiger partial charge in [0.25, 0.3) is 0 Å². The number of aryl methyl sites for hydroxylation is 2. The lowest BCUT2D eigenvalue weighted by molar-refractivity contribution is -0.116. The quantitative estimate of drug-likeness (QED) is 0.335. The molecule has 7 heteroatoms. The summed E-state index contributed by atoms with van der Waals surface area (Å²) >= 11 is 10.1. The maximum atomic E-state index is 11.5. The first-order valence-corrected chi connectivity index (χ1v) is 11.3. The third-order valence-electron chi connectivity index (χ3n) is 4.50. The summed E-state index contributed by atoms with van der Waals surface area (Å²) in [6, 6.07) is 13.9. The molecule has 2 N–H and O–H groups in total. The molecule has 4 rings (SSSR count). The summed E-state index contributed by atoms with van der Waals surface area (Å²) in [5, 5.41) is 5.78. The zero-order valence-electron chi connectivity index (χ0n) is 14.5. The van der Waals surface area contributed by atoms with E-state index in [4.69, 9.17) is 0 Å². The maximum absolute atomic E-state index is 11.5. The number of benzene rings is 2. The van der Waals surface area contributed by atoms with Crippen LogP contribution in [0.15, 0.2) is 46.9 Å². The number of hydrogen-bond donors (Lipinski definition) is 2. The average Bonchev–Trinajstić information content (AvgIpc) is 2.89. The Balaban J connectivity index is 0.000000272. The van der Waals surface area contributed by atoms with Crippen LogP contribution in [-0.4, -0.2) is 21.5 Å². The molecule has 0 spiro atoms. The smallest absolute Gasteiger partial charge is 0.238 e. The van der Waals surface area contributed by atoms with Crippen molar-refractivity contribution in [1.82, 2.24) is 0 Å². The van der Waals surface area contributed by atoms with Gasteiger partial charge < -0.3 is 10.6 Å². The van der Waals surface area contributed by atoms with E-state index < -0.39 is 0 Å². The van der Waals surface area contributed by atoms with E-state index in [-0.39, 0.29) is 36.3 Å². The van der Waals surface area contributed by atoms with Gasteiger partial charge in [-0.15, -0.1) is 0 Å². The van der Waals surface area contributed by atoms with Crippen molar-refractivity contribution in [3.63, 3.8) is 0 Å². The molecule has 0 fully saturated rings. The van der Waals surface area contributed by atoms with Crippen LogP contribution in [0, 0.1) is 0 Å². The van der Waals surface area contributed by atoms with Crippen LogP contribution in [0.3, 0.4) is 0 Å². The number of fused-ring (bicyclic) bond motifs is 2. The first-order valence-electron chi connectivity index (χ1n) is 8.70. The molecule has 2 aliphatic rings. The van der Waals surface area contributed by atoms with Crippen molar-refractivity contribution in [2.75, 3.05) is 10.6 Å². The molecule has 158 valence electrons. The van der Waals surface area contributed by atoms with Gasteiger partial charge in [-0.1, -0.05) is 80.8 Å². The van der Waals surface area contributed by atoms with Crippen LogP contribution in [0.25, 0.3) is 0 Å². The SMILES string of the molecule is C.C.O=C1Nc2ccc(Br)cc2CCC1Br.O=C1Nc2ccccc2CCC1Br. The summed E-state index contributed by atoms with van der Waals surface area (Å²) in [6.07, 6.45) is 3.58. The van der Waals surface area contributed by atoms with Crippen LogP contribution in [0.1, 0.15) is 38.8 Å². The molecule has 2 aromatic rings. The molecule has 4 nitrogen and oxygen atoms in total. The van der Waals surface area contributed by atoms with E-state index in [9.17, 15) is 9.59 Å². The first-order chi connectivity index (χ1) is 12.9. The van der Waals surface area contributed by atoms with Crippen LogP contribution in [-0.2, 0) is 22.4 Å². The van der Waals surface area contributed by atoms with E-state index in [0.29, 0.717) is 0 Å². The molecule has 0 saturated heterocycles. The summed E-state index contributed by atoms with van der Waals surface area (Å²) in [5.41, 5.74) is 4.29. The minimum atomic E-state index is -0.0753. The van der Waals surface area contributed by atoms with Crippen LogP contribution in [0.4, 0.5) is 11.4 Å². The Hall–Kier alpha value is -1.18. The van der Waals surface area contributed by atoms with Gasteiger partial charge in [0.05, 0.1) is 9.65 Å². The second kappa shape index (κ2) is 11.9. The summed E-state index contributed by atoms with van der Waals surface area (Å²) in [4.78, 5) is 22.8. The normalized spacial score (nSPS) is 19.8. The monoisotopic (exact) mass is 588 g/mol. The molecule has 2 unspecified atom stereocenters. The van der Waals surface area contributed by atoms with Crippen molar-refractivity contribution >= 4 is 71.0 Å². The number of alkyl halides is 2. The number of hydrogen-bond acceptors (Lipinski definition) is 2. The summed E-state index contributed by atoms with van der Waals surface area (Å²) in [5.74, 6) is 0.107. The fourth-order valence-corrected chi connectivity index (χ4v) is 4.10. The van der Waals surface area contributed by atoms with Gasteiger partial charge in [0.15, 0.2) is 0 Å². The van der Waals surface area contributed by atoms with Gasteiger partial charge in [0, 0.05) is 15.8 Å². The van der Waals surface area contributed by atoms with E-state index in [1.807, 2.05) is 30.3 Å². The van der Waals surface area contributed by atoms with Crippen molar-refractivity contribution in [3.05, 3.63) is 58.1 Å². The highest BCUT2D eigenvalue weighted by molar-refractivity contribution is 9.10. The highest BCUT2D eigenvalue weighted by Crippen LogP contribution is 2.27. The van der Waals surface area contributed by atoms with Crippen molar-refractivity contribution < 1.29 is 9.59 Å². The molecular weight excluding hydrogens is 564 g/mol. The molecule has 2 amide bonds. The lowest BCUT2D eigenvalue weighted by atomic mass is 10.1. The van der Waals surface area contributed by atoms with Crippen LogP contribution < -0.4 is 10.6 Å². The Labute approximate surface area is 198 Å². The fourth-order valence-electron chi connectivity index (χ4n) is 3.00. The van der Waals surface area contributed by atoms with Crippen LogP contribution >= 0.6 is 47.8 Å². The molecule has 0 radical (unpaired) electrons. The number of amides is 2. The molecule has 2 atom stereocenters. The molecule has 0 aromatic heterocycles. The second-order valence-electron chi connectivity index (χ2n) is 6.45. The number of carbonyl (C=O) groups excluding carboxylic acids is 2. The van der Waals surface area contributed by atoms with Gasteiger partial charge in [-0.05, 0) is 61.1 Å². The number of rotatable bonds is 0. The molecular formula is C22H27Br3N2O2. The highest BCUT2D eigenvalue weighted by atomic mass is 79.9. The van der Waals surface area contributed by atoms with Crippen molar-refractivity contribution in [1.29, 1.82) is 0 Å². The average molecular weight is 591 g/mol. The highest BCUT2D eigenvalue weighted by Gasteiger charge is 2.21. The molecule has 0 saturated carbocycles. The van der Waals surface area contributed by atoms with Crippen molar-refractivity contribution in [2.45, 2.75) is 50.2 Å². The van der Waals surface area contributed by atoms with Gasteiger partial charge in [-0.3, -0.25) is 9.59 Å². The topological polar surface area (TPSA) is 58.2 Å². The van der Waals surface area contributed by atoms with Gasteiger partial charge in [0.2, 0.25) is 11.8 Å². The largest absolute Gasteiger partial charge is 0.325 e. The number of anilines is 2. The minimum absolute atomic E-state index is 0. The van der Waals surface area contributed by atoms with E-state index >= 15 is 0 Å². The second-order valence-corrected chi connectivity index (χ2v) is 9.58.